The molecule has 1 atom stereocenters. The molecule has 0 spiro atoms. The van der Waals surface area contributed by atoms with Gasteiger partial charge in [0.05, 0.1) is 0 Å². The quantitative estimate of drug-likeness (QED) is 0.213. The Bertz CT molecular complexity index is 346. The lowest BCUT2D eigenvalue weighted by Crippen LogP contribution is -1.99. The molecule has 1 rings (SSSR count). The van der Waals surface area contributed by atoms with Gasteiger partial charge < -0.3 is 0 Å². The summed E-state index contributed by atoms with van der Waals surface area (Å²) < 4.78 is 0. The highest BCUT2D eigenvalue weighted by Gasteiger charge is 2.04. The second kappa shape index (κ2) is 15.2. The van der Waals surface area contributed by atoms with Crippen molar-refractivity contribution in [3.05, 3.63) is 35.9 Å². The Kier molecular flexibility index (Phi) is 13.7. The van der Waals surface area contributed by atoms with Gasteiger partial charge in [0, 0.05) is 4.83 Å². The van der Waals surface area contributed by atoms with E-state index < -0.39 is 0 Å². The van der Waals surface area contributed by atoms with E-state index >= 15 is 0 Å². The minimum atomic E-state index is 0.722. The van der Waals surface area contributed by atoms with E-state index in [0.717, 1.165) is 4.83 Å². The molecule has 1 aromatic rings. The van der Waals surface area contributed by atoms with Crippen LogP contribution in [0.3, 0.4) is 0 Å². The molecule has 0 saturated carbocycles. The number of hydrogen-bond donors (Lipinski definition) is 0. The molecule has 23 heavy (non-hydrogen) atoms. The zero-order valence-corrected chi connectivity index (χ0v) is 16.8. The summed E-state index contributed by atoms with van der Waals surface area (Å²) >= 11 is 3.87. The van der Waals surface area contributed by atoms with Crippen LogP contribution in [0.2, 0.25) is 0 Å². The summed E-state index contributed by atoms with van der Waals surface area (Å²) in [6.07, 6.45) is 19.5. The van der Waals surface area contributed by atoms with E-state index in [1.54, 1.807) is 0 Å². The molecule has 132 valence electrons. The van der Waals surface area contributed by atoms with E-state index in [9.17, 15) is 0 Å². The second-order valence-corrected chi connectivity index (χ2v) is 8.24. The van der Waals surface area contributed by atoms with Crippen molar-refractivity contribution in [3.63, 3.8) is 0 Å². The van der Waals surface area contributed by atoms with Crippen LogP contribution < -0.4 is 0 Å². The summed E-state index contributed by atoms with van der Waals surface area (Å²) in [4.78, 5) is 0.722. The fourth-order valence-corrected chi connectivity index (χ4v) is 3.82. The summed E-state index contributed by atoms with van der Waals surface area (Å²) in [7, 11) is 0. The molecule has 0 aliphatic carbocycles. The summed E-state index contributed by atoms with van der Waals surface area (Å²) in [5.74, 6) is 0. The van der Waals surface area contributed by atoms with Crippen LogP contribution in [0.5, 0.6) is 0 Å². The Morgan fingerprint density at radius 1 is 0.696 bits per heavy atom. The van der Waals surface area contributed by atoms with Crippen molar-refractivity contribution >= 4 is 15.9 Å². The topological polar surface area (TPSA) is 0 Å². The van der Waals surface area contributed by atoms with Crippen molar-refractivity contribution in [3.8, 4) is 0 Å². The van der Waals surface area contributed by atoms with Gasteiger partial charge in [-0.05, 0) is 31.2 Å². The molecule has 0 aliphatic heterocycles. The monoisotopic (exact) mass is 380 g/mol. The zero-order valence-electron chi connectivity index (χ0n) is 15.2. The maximum Gasteiger partial charge on any atom is 0.0145 e. The lowest BCUT2D eigenvalue weighted by atomic mass is 10.0. The molecule has 0 N–H and O–H groups in total. The van der Waals surface area contributed by atoms with E-state index in [4.69, 9.17) is 0 Å². The predicted octanol–water partition coefficient (Wildman–Crippen LogP) is 8.08. The Labute approximate surface area is 153 Å². The maximum absolute atomic E-state index is 3.87. The highest BCUT2D eigenvalue weighted by Crippen LogP contribution is 2.19. The third-order valence-electron chi connectivity index (χ3n) is 4.70. The Hall–Kier alpha value is -0.300. The van der Waals surface area contributed by atoms with Crippen molar-refractivity contribution in [1.82, 2.24) is 0 Å². The van der Waals surface area contributed by atoms with Gasteiger partial charge in [-0.15, -0.1) is 0 Å². The van der Waals surface area contributed by atoms with Gasteiger partial charge in [0.2, 0.25) is 0 Å². The van der Waals surface area contributed by atoms with E-state index in [-0.39, 0.29) is 0 Å². The van der Waals surface area contributed by atoms with Gasteiger partial charge in [-0.3, -0.25) is 0 Å². The fraction of sp³-hybridized carbons (Fsp3) is 0.727. The molecule has 0 heterocycles. The van der Waals surface area contributed by atoms with Crippen LogP contribution >= 0.6 is 15.9 Å². The summed E-state index contributed by atoms with van der Waals surface area (Å²) in [6.45, 7) is 2.29. The van der Waals surface area contributed by atoms with Gasteiger partial charge in [0.15, 0.2) is 0 Å². The Morgan fingerprint density at radius 2 is 1.22 bits per heavy atom. The third kappa shape index (κ3) is 12.8. The molecule has 1 unspecified atom stereocenters. The van der Waals surface area contributed by atoms with Crippen molar-refractivity contribution < 1.29 is 0 Å². The first-order valence-corrected chi connectivity index (χ1v) is 10.9. The number of hydrogen-bond acceptors (Lipinski definition) is 0. The van der Waals surface area contributed by atoms with Crippen LogP contribution in [-0.2, 0) is 6.42 Å². The molecule has 0 bridgehead atoms. The summed E-state index contributed by atoms with van der Waals surface area (Å²) in [5.41, 5.74) is 1.48. The van der Waals surface area contributed by atoms with Gasteiger partial charge in [-0.2, -0.15) is 0 Å². The predicted molar refractivity (Wildman–Crippen MR) is 109 cm³/mol. The molecule has 0 fully saturated rings. The first-order valence-electron chi connectivity index (χ1n) is 10.0. The Morgan fingerprint density at radius 3 is 1.83 bits per heavy atom. The average Bonchev–Trinajstić information content (AvgIpc) is 2.57. The number of benzene rings is 1. The van der Waals surface area contributed by atoms with Crippen LogP contribution in [0.25, 0.3) is 0 Å². The van der Waals surface area contributed by atoms with Crippen LogP contribution in [0, 0.1) is 0 Å². The minimum Gasteiger partial charge on any atom is -0.0891 e. The first-order chi connectivity index (χ1) is 11.3. The SMILES string of the molecule is CCCCCCCCCCCCC(Br)CCCc1ccccc1. The second-order valence-electron chi connectivity index (χ2n) is 6.95. The summed E-state index contributed by atoms with van der Waals surface area (Å²) in [6, 6.07) is 10.9. The molecule has 0 nitrogen and oxygen atoms in total. The van der Waals surface area contributed by atoms with E-state index in [2.05, 4.69) is 53.2 Å². The molecule has 0 saturated heterocycles. The lowest BCUT2D eigenvalue weighted by molar-refractivity contribution is 0.541. The number of rotatable bonds is 15. The Balaban J connectivity index is 1.84. The minimum absolute atomic E-state index is 0.722. The molecule has 0 aromatic heterocycles. The molecule has 0 radical (unpaired) electrons. The molecular formula is C22H37Br. The third-order valence-corrected chi connectivity index (χ3v) is 5.61. The van der Waals surface area contributed by atoms with Gasteiger partial charge >= 0.3 is 0 Å². The van der Waals surface area contributed by atoms with E-state index in [1.165, 1.54) is 95.5 Å². The number of alkyl halides is 1. The number of unbranched alkanes of at least 4 members (excludes halogenated alkanes) is 9. The number of halogens is 1. The van der Waals surface area contributed by atoms with Crippen LogP contribution in [0.15, 0.2) is 30.3 Å². The van der Waals surface area contributed by atoms with Crippen LogP contribution in [-0.4, -0.2) is 4.83 Å². The zero-order chi connectivity index (χ0) is 16.6. The molecule has 1 heteroatoms. The molecule has 0 amide bonds. The fourth-order valence-electron chi connectivity index (χ4n) is 3.17. The van der Waals surface area contributed by atoms with E-state index in [1.807, 2.05) is 0 Å². The molecular weight excluding hydrogens is 344 g/mol. The van der Waals surface area contributed by atoms with Crippen molar-refractivity contribution in [2.75, 3.05) is 0 Å². The highest BCUT2D eigenvalue weighted by atomic mass is 79.9. The normalized spacial score (nSPS) is 12.4. The molecule has 0 aliphatic rings. The summed E-state index contributed by atoms with van der Waals surface area (Å²) in [5, 5.41) is 0. The number of aryl methyl sites for hydroxylation is 1. The average molecular weight is 381 g/mol. The van der Waals surface area contributed by atoms with Crippen molar-refractivity contribution in [2.45, 2.75) is 102 Å². The van der Waals surface area contributed by atoms with Crippen molar-refractivity contribution in [1.29, 1.82) is 0 Å². The van der Waals surface area contributed by atoms with Crippen molar-refractivity contribution in [2.24, 2.45) is 0 Å². The first kappa shape index (κ1) is 20.7. The van der Waals surface area contributed by atoms with Gasteiger partial charge in [0.25, 0.3) is 0 Å². The smallest absolute Gasteiger partial charge is 0.0145 e. The highest BCUT2D eigenvalue weighted by molar-refractivity contribution is 9.09. The van der Waals surface area contributed by atoms with Gasteiger partial charge in [-0.1, -0.05) is 117 Å². The molecule has 1 aromatic carbocycles. The van der Waals surface area contributed by atoms with Gasteiger partial charge in [0.1, 0.15) is 0 Å². The lowest BCUT2D eigenvalue weighted by Gasteiger charge is -2.09. The standard InChI is InChI=1S/C22H37Br/c1-2-3-4-5-6-7-8-9-10-14-19-22(23)20-15-18-21-16-12-11-13-17-21/h11-13,16-17,22H,2-10,14-15,18-20H2,1H3. The van der Waals surface area contributed by atoms with Crippen LogP contribution in [0.1, 0.15) is 96.0 Å². The largest absolute Gasteiger partial charge is 0.0891 e. The maximum atomic E-state index is 3.87. The van der Waals surface area contributed by atoms with Crippen LogP contribution in [0.4, 0.5) is 0 Å². The van der Waals surface area contributed by atoms with Gasteiger partial charge in [-0.25, -0.2) is 0 Å². The van der Waals surface area contributed by atoms with E-state index in [0.29, 0.717) is 0 Å².